The summed E-state index contributed by atoms with van der Waals surface area (Å²) in [4.78, 5) is 33.6. The number of carbonyl (C=O) groups excluding carboxylic acids is 2. The van der Waals surface area contributed by atoms with Gasteiger partial charge < -0.3 is 9.73 Å². The summed E-state index contributed by atoms with van der Waals surface area (Å²) in [6.45, 7) is 1.39. The fourth-order valence-electron chi connectivity index (χ4n) is 2.51. The highest BCUT2D eigenvalue weighted by Gasteiger charge is 2.15. The van der Waals surface area contributed by atoms with E-state index in [2.05, 4.69) is 15.8 Å². The van der Waals surface area contributed by atoms with Crippen molar-refractivity contribution in [1.29, 1.82) is 0 Å². The Morgan fingerprint density at radius 1 is 1.13 bits per heavy atom. The summed E-state index contributed by atoms with van der Waals surface area (Å²) >= 11 is 5.81. The normalized spacial score (nSPS) is 10.7. The van der Waals surface area contributed by atoms with E-state index in [1.807, 2.05) is 0 Å². The number of nitro groups is 1. The van der Waals surface area contributed by atoms with Crippen molar-refractivity contribution in [3.63, 3.8) is 0 Å². The zero-order valence-corrected chi connectivity index (χ0v) is 16.3. The molecule has 0 bridgehead atoms. The summed E-state index contributed by atoms with van der Waals surface area (Å²) in [6, 6.07) is 13.9. The number of nitro benzene ring substituents is 1. The van der Waals surface area contributed by atoms with Crippen LogP contribution in [0.4, 0.5) is 11.4 Å². The summed E-state index contributed by atoms with van der Waals surface area (Å²) < 4.78 is 5.58. The van der Waals surface area contributed by atoms with E-state index in [4.69, 9.17) is 16.0 Å². The van der Waals surface area contributed by atoms with E-state index in [0.29, 0.717) is 28.3 Å². The standard InChI is InChI=1S/C20H15ClN4O5/c1-12(26)23-15-5-2-13(3-6-15)20(27)24-22-11-16-7-9-19(30-16)14-4-8-17(21)18(10-14)25(28)29/h2-11H,1H3,(H,23,26)(H,24,27). The third-order valence-corrected chi connectivity index (χ3v) is 4.20. The van der Waals surface area contributed by atoms with E-state index in [-0.39, 0.29) is 16.6 Å². The quantitative estimate of drug-likeness (QED) is 0.346. The van der Waals surface area contributed by atoms with Gasteiger partial charge in [0.2, 0.25) is 5.91 Å². The minimum Gasteiger partial charge on any atom is -0.455 e. The third kappa shape index (κ3) is 5.09. The predicted octanol–water partition coefficient (Wildman–Crippen LogP) is 4.23. The first-order valence-corrected chi connectivity index (χ1v) is 8.96. The van der Waals surface area contributed by atoms with Crippen LogP contribution in [0.2, 0.25) is 5.02 Å². The minimum atomic E-state index is -0.574. The first kappa shape index (κ1) is 20.7. The molecule has 0 saturated carbocycles. The Labute approximate surface area is 175 Å². The monoisotopic (exact) mass is 426 g/mol. The Morgan fingerprint density at radius 3 is 2.53 bits per heavy atom. The Bertz CT molecular complexity index is 1140. The van der Waals surface area contributed by atoms with Crippen LogP contribution in [0.5, 0.6) is 0 Å². The van der Waals surface area contributed by atoms with Crippen molar-refractivity contribution in [3.8, 4) is 11.3 Å². The van der Waals surface area contributed by atoms with Gasteiger partial charge in [-0.3, -0.25) is 19.7 Å². The summed E-state index contributed by atoms with van der Waals surface area (Å²) in [6.07, 6.45) is 1.30. The van der Waals surface area contributed by atoms with Crippen LogP contribution in [-0.4, -0.2) is 23.0 Å². The maximum Gasteiger partial charge on any atom is 0.288 e. The van der Waals surface area contributed by atoms with Crippen LogP contribution in [0.15, 0.2) is 64.1 Å². The second kappa shape index (κ2) is 9.01. The molecule has 2 N–H and O–H groups in total. The van der Waals surface area contributed by atoms with Crippen molar-refractivity contribution < 1.29 is 18.9 Å². The summed E-state index contributed by atoms with van der Waals surface area (Å²) in [7, 11) is 0. The van der Waals surface area contributed by atoms with Crippen molar-refractivity contribution in [1.82, 2.24) is 5.43 Å². The molecule has 9 nitrogen and oxygen atoms in total. The van der Waals surface area contributed by atoms with Crippen LogP contribution < -0.4 is 10.7 Å². The number of halogens is 1. The van der Waals surface area contributed by atoms with Crippen LogP contribution in [0.25, 0.3) is 11.3 Å². The number of nitrogens with one attached hydrogen (secondary N) is 2. The third-order valence-electron chi connectivity index (χ3n) is 3.88. The second-order valence-corrected chi connectivity index (χ2v) is 6.49. The highest BCUT2D eigenvalue weighted by atomic mass is 35.5. The number of hydrazone groups is 1. The molecule has 0 radical (unpaired) electrons. The molecule has 2 aromatic carbocycles. The highest BCUT2D eigenvalue weighted by molar-refractivity contribution is 6.32. The van der Waals surface area contributed by atoms with E-state index in [9.17, 15) is 19.7 Å². The van der Waals surface area contributed by atoms with E-state index in [0.717, 1.165) is 0 Å². The molecule has 1 heterocycles. The van der Waals surface area contributed by atoms with Gasteiger partial charge in [0, 0.05) is 29.8 Å². The molecule has 10 heteroatoms. The van der Waals surface area contributed by atoms with E-state index < -0.39 is 10.8 Å². The largest absolute Gasteiger partial charge is 0.455 e. The van der Waals surface area contributed by atoms with Crippen LogP contribution in [0, 0.1) is 10.1 Å². The summed E-state index contributed by atoms with van der Waals surface area (Å²) in [5.41, 5.74) is 3.55. The van der Waals surface area contributed by atoms with Gasteiger partial charge in [-0.1, -0.05) is 11.6 Å². The van der Waals surface area contributed by atoms with Gasteiger partial charge in [-0.25, -0.2) is 5.43 Å². The second-order valence-electron chi connectivity index (χ2n) is 6.08. The number of anilines is 1. The number of carbonyl (C=O) groups is 2. The summed E-state index contributed by atoms with van der Waals surface area (Å²) in [5, 5.41) is 17.5. The number of furan rings is 1. The lowest BCUT2D eigenvalue weighted by atomic mass is 10.1. The van der Waals surface area contributed by atoms with Gasteiger partial charge in [0.1, 0.15) is 16.5 Å². The fourth-order valence-corrected chi connectivity index (χ4v) is 2.70. The van der Waals surface area contributed by atoms with Crippen LogP contribution in [0.3, 0.4) is 0 Å². The molecule has 3 aromatic rings. The number of benzene rings is 2. The number of hydrogen-bond acceptors (Lipinski definition) is 6. The molecule has 0 fully saturated rings. The number of nitrogens with zero attached hydrogens (tertiary/aromatic N) is 2. The predicted molar refractivity (Wildman–Crippen MR) is 112 cm³/mol. The Morgan fingerprint density at radius 2 is 1.87 bits per heavy atom. The highest BCUT2D eigenvalue weighted by Crippen LogP contribution is 2.31. The van der Waals surface area contributed by atoms with E-state index in [1.54, 1.807) is 42.5 Å². The maximum absolute atomic E-state index is 12.1. The zero-order chi connectivity index (χ0) is 21.7. The van der Waals surface area contributed by atoms with Gasteiger partial charge in [-0.2, -0.15) is 5.10 Å². The van der Waals surface area contributed by atoms with E-state index in [1.165, 1.54) is 25.3 Å². The number of rotatable bonds is 6. The van der Waals surface area contributed by atoms with Crippen molar-refractivity contribution in [2.75, 3.05) is 5.32 Å². The molecule has 2 amide bonds. The molecule has 0 saturated heterocycles. The molecule has 0 aliphatic heterocycles. The summed E-state index contributed by atoms with van der Waals surface area (Å²) in [5.74, 6) is 0.0727. The molecule has 0 aliphatic carbocycles. The lowest BCUT2D eigenvalue weighted by Crippen LogP contribution is -2.17. The van der Waals surface area contributed by atoms with Crippen molar-refractivity contribution >= 4 is 41.0 Å². The number of hydrogen-bond donors (Lipinski definition) is 2. The SMILES string of the molecule is CC(=O)Nc1ccc(C(=O)NN=Cc2ccc(-c3ccc(Cl)c([N+](=O)[O-])c3)o2)cc1. The Hall–Kier alpha value is -3.98. The van der Waals surface area contributed by atoms with Gasteiger partial charge >= 0.3 is 0 Å². The molecule has 0 unspecified atom stereocenters. The lowest BCUT2D eigenvalue weighted by molar-refractivity contribution is -0.384. The Kier molecular flexibility index (Phi) is 6.23. The number of amides is 2. The molecule has 1 aromatic heterocycles. The molecule has 30 heavy (non-hydrogen) atoms. The molecule has 0 atom stereocenters. The zero-order valence-electron chi connectivity index (χ0n) is 15.6. The Balaban J connectivity index is 1.64. The lowest BCUT2D eigenvalue weighted by Gasteiger charge is -2.03. The minimum absolute atomic E-state index is 0.0323. The first-order chi connectivity index (χ1) is 14.3. The topological polar surface area (TPSA) is 127 Å². The maximum atomic E-state index is 12.1. The van der Waals surface area contributed by atoms with Gasteiger partial charge in [-0.05, 0) is 48.5 Å². The van der Waals surface area contributed by atoms with Crippen LogP contribution >= 0.6 is 11.6 Å². The van der Waals surface area contributed by atoms with Gasteiger partial charge in [0.25, 0.3) is 11.6 Å². The first-order valence-electron chi connectivity index (χ1n) is 8.58. The van der Waals surface area contributed by atoms with E-state index >= 15 is 0 Å². The average Bonchev–Trinajstić information content (AvgIpc) is 3.17. The van der Waals surface area contributed by atoms with Crippen molar-refractivity contribution in [2.24, 2.45) is 5.10 Å². The molecule has 0 aliphatic rings. The van der Waals surface area contributed by atoms with Crippen LogP contribution in [0.1, 0.15) is 23.0 Å². The van der Waals surface area contributed by atoms with Crippen LogP contribution in [-0.2, 0) is 4.79 Å². The molecular weight excluding hydrogens is 412 g/mol. The van der Waals surface area contributed by atoms with Gasteiger partial charge in [0.15, 0.2) is 0 Å². The molecular formula is C20H15ClN4O5. The van der Waals surface area contributed by atoms with Gasteiger partial charge in [-0.15, -0.1) is 0 Å². The van der Waals surface area contributed by atoms with Crippen molar-refractivity contribution in [2.45, 2.75) is 6.92 Å². The van der Waals surface area contributed by atoms with Crippen molar-refractivity contribution in [3.05, 3.63) is 81.1 Å². The molecule has 152 valence electrons. The fraction of sp³-hybridized carbons (Fsp3) is 0.0500. The smallest absolute Gasteiger partial charge is 0.288 e. The molecule has 3 rings (SSSR count). The van der Waals surface area contributed by atoms with Gasteiger partial charge in [0.05, 0.1) is 11.1 Å². The average molecular weight is 427 g/mol. The molecule has 0 spiro atoms.